The lowest BCUT2D eigenvalue weighted by Crippen LogP contribution is -2.41. The van der Waals surface area contributed by atoms with Gasteiger partial charge < -0.3 is 25.4 Å². The molecule has 1 fully saturated rings. The zero-order valence-corrected chi connectivity index (χ0v) is 19.9. The molecule has 0 aliphatic carbocycles. The standard InChI is InChI=1S/C21H35FN4O2.HI/c1-3-19(28-20-8-5-7-17(22)15-20)16-25-21(23-4-2)24-11-6-12-26-13-9-18(27)10-14-26;/h5,7-8,15,18-19,27H,3-4,6,9-14,16H2,1-2H3,(H2,23,24,25);1H. The summed E-state index contributed by atoms with van der Waals surface area (Å²) in [6, 6.07) is 6.22. The molecule has 2 rings (SSSR count). The van der Waals surface area contributed by atoms with Crippen molar-refractivity contribution in [2.24, 2.45) is 4.99 Å². The molecule has 0 bridgehead atoms. The van der Waals surface area contributed by atoms with Gasteiger partial charge in [0.2, 0.25) is 0 Å². The maximum atomic E-state index is 13.3. The van der Waals surface area contributed by atoms with Crippen LogP contribution in [0.3, 0.4) is 0 Å². The van der Waals surface area contributed by atoms with E-state index in [9.17, 15) is 9.50 Å². The Kier molecular flexibility index (Phi) is 13.2. The van der Waals surface area contributed by atoms with E-state index in [1.807, 2.05) is 13.8 Å². The zero-order chi connectivity index (χ0) is 20.2. The number of benzene rings is 1. The number of nitrogens with zero attached hydrogens (tertiary/aromatic N) is 2. The lowest BCUT2D eigenvalue weighted by atomic mass is 10.1. The summed E-state index contributed by atoms with van der Waals surface area (Å²) in [5, 5.41) is 16.2. The third kappa shape index (κ3) is 10.5. The Hall–Kier alpha value is -1.13. The van der Waals surface area contributed by atoms with Crippen molar-refractivity contribution >= 4 is 29.9 Å². The summed E-state index contributed by atoms with van der Waals surface area (Å²) < 4.78 is 19.2. The second kappa shape index (κ2) is 14.8. The van der Waals surface area contributed by atoms with E-state index in [2.05, 4.69) is 20.5 Å². The smallest absolute Gasteiger partial charge is 0.191 e. The summed E-state index contributed by atoms with van der Waals surface area (Å²) in [5.41, 5.74) is 0. The highest BCUT2D eigenvalue weighted by molar-refractivity contribution is 14.0. The molecule has 8 heteroatoms. The SMILES string of the molecule is CCNC(=NCC(CC)Oc1cccc(F)c1)NCCCN1CCC(O)CC1.I. The monoisotopic (exact) mass is 522 g/mol. The number of likely N-dealkylation sites (tertiary alicyclic amines) is 1. The van der Waals surface area contributed by atoms with Crippen molar-refractivity contribution < 1.29 is 14.2 Å². The van der Waals surface area contributed by atoms with E-state index in [0.29, 0.717) is 12.3 Å². The second-order valence-corrected chi connectivity index (χ2v) is 7.18. The minimum absolute atomic E-state index is 0. The molecular weight excluding hydrogens is 486 g/mol. The molecule has 0 amide bonds. The summed E-state index contributed by atoms with van der Waals surface area (Å²) in [7, 11) is 0. The molecule has 1 unspecified atom stereocenters. The van der Waals surface area contributed by atoms with Crippen LogP contribution in [-0.2, 0) is 0 Å². The normalized spacial score (nSPS) is 16.8. The number of hydrogen-bond acceptors (Lipinski definition) is 4. The van der Waals surface area contributed by atoms with Crippen LogP contribution in [0.5, 0.6) is 5.75 Å². The highest BCUT2D eigenvalue weighted by Crippen LogP contribution is 2.15. The van der Waals surface area contributed by atoms with Crippen LogP contribution in [0.4, 0.5) is 4.39 Å². The van der Waals surface area contributed by atoms with E-state index in [1.54, 1.807) is 12.1 Å². The zero-order valence-electron chi connectivity index (χ0n) is 17.6. The number of piperidine rings is 1. The van der Waals surface area contributed by atoms with Gasteiger partial charge in [0, 0.05) is 32.2 Å². The van der Waals surface area contributed by atoms with Crippen LogP contribution < -0.4 is 15.4 Å². The van der Waals surface area contributed by atoms with E-state index < -0.39 is 0 Å². The van der Waals surface area contributed by atoms with E-state index >= 15 is 0 Å². The first-order chi connectivity index (χ1) is 13.6. The number of guanidine groups is 1. The number of aliphatic imine (C=N–C) groups is 1. The second-order valence-electron chi connectivity index (χ2n) is 7.18. The van der Waals surface area contributed by atoms with Gasteiger partial charge in [-0.1, -0.05) is 13.0 Å². The van der Waals surface area contributed by atoms with Gasteiger partial charge in [-0.25, -0.2) is 9.38 Å². The summed E-state index contributed by atoms with van der Waals surface area (Å²) in [4.78, 5) is 7.03. The Labute approximate surface area is 191 Å². The Morgan fingerprint density at radius 1 is 1.31 bits per heavy atom. The summed E-state index contributed by atoms with van der Waals surface area (Å²) in [6.07, 6.45) is 3.35. The minimum Gasteiger partial charge on any atom is -0.488 e. The quantitative estimate of drug-likeness (QED) is 0.191. The molecule has 0 radical (unpaired) electrons. The van der Waals surface area contributed by atoms with Crippen molar-refractivity contribution in [3.8, 4) is 5.75 Å². The van der Waals surface area contributed by atoms with Crippen LogP contribution >= 0.6 is 24.0 Å². The first-order valence-electron chi connectivity index (χ1n) is 10.5. The average molecular weight is 522 g/mol. The topological polar surface area (TPSA) is 69.1 Å². The van der Waals surface area contributed by atoms with Gasteiger partial charge >= 0.3 is 0 Å². The van der Waals surface area contributed by atoms with Crippen molar-refractivity contribution in [3.05, 3.63) is 30.1 Å². The van der Waals surface area contributed by atoms with Gasteiger partial charge in [-0.3, -0.25) is 0 Å². The Balaban J connectivity index is 0.00000420. The third-order valence-electron chi connectivity index (χ3n) is 4.85. The summed E-state index contributed by atoms with van der Waals surface area (Å²) in [6.45, 7) is 9.19. The minimum atomic E-state index is -0.297. The lowest BCUT2D eigenvalue weighted by molar-refractivity contribution is 0.0823. The first-order valence-corrected chi connectivity index (χ1v) is 10.5. The maximum Gasteiger partial charge on any atom is 0.191 e. The van der Waals surface area contributed by atoms with Gasteiger partial charge in [-0.2, -0.15) is 0 Å². The molecule has 0 spiro atoms. The molecule has 1 aliphatic heterocycles. The fraction of sp³-hybridized carbons (Fsp3) is 0.667. The van der Waals surface area contributed by atoms with Gasteiger partial charge in [-0.15, -0.1) is 24.0 Å². The van der Waals surface area contributed by atoms with Crippen LogP contribution in [0.25, 0.3) is 0 Å². The molecule has 1 aromatic rings. The number of hydrogen-bond donors (Lipinski definition) is 3. The van der Waals surface area contributed by atoms with E-state index in [0.717, 1.165) is 64.4 Å². The Morgan fingerprint density at radius 3 is 2.72 bits per heavy atom. The van der Waals surface area contributed by atoms with Gasteiger partial charge in [0.15, 0.2) is 5.96 Å². The van der Waals surface area contributed by atoms with E-state index in [-0.39, 0.29) is 42.0 Å². The maximum absolute atomic E-state index is 13.3. The molecule has 29 heavy (non-hydrogen) atoms. The summed E-state index contributed by atoms with van der Waals surface area (Å²) >= 11 is 0. The largest absolute Gasteiger partial charge is 0.488 e. The molecule has 1 saturated heterocycles. The van der Waals surface area contributed by atoms with Gasteiger partial charge in [-0.05, 0) is 51.3 Å². The molecule has 0 saturated carbocycles. The van der Waals surface area contributed by atoms with Crippen LogP contribution in [0.15, 0.2) is 29.3 Å². The molecule has 6 nitrogen and oxygen atoms in total. The number of nitrogens with one attached hydrogen (secondary N) is 2. The van der Waals surface area contributed by atoms with Crippen LogP contribution in [0.1, 0.15) is 39.5 Å². The number of rotatable bonds is 10. The van der Waals surface area contributed by atoms with E-state index in [1.165, 1.54) is 12.1 Å². The van der Waals surface area contributed by atoms with Crippen molar-refractivity contribution in [3.63, 3.8) is 0 Å². The third-order valence-corrected chi connectivity index (χ3v) is 4.85. The van der Waals surface area contributed by atoms with Crippen molar-refractivity contribution in [1.29, 1.82) is 0 Å². The predicted octanol–water partition coefficient (Wildman–Crippen LogP) is 3.00. The number of halogens is 2. The van der Waals surface area contributed by atoms with Crippen molar-refractivity contribution in [1.82, 2.24) is 15.5 Å². The van der Waals surface area contributed by atoms with E-state index in [4.69, 9.17) is 4.74 Å². The van der Waals surface area contributed by atoms with Crippen LogP contribution in [0, 0.1) is 5.82 Å². The number of aliphatic hydroxyl groups is 1. The molecule has 1 heterocycles. The molecule has 166 valence electrons. The predicted molar refractivity (Wildman–Crippen MR) is 127 cm³/mol. The van der Waals surface area contributed by atoms with Gasteiger partial charge in [0.25, 0.3) is 0 Å². The van der Waals surface area contributed by atoms with Gasteiger partial charge in [0.05, 0.1) is 12.6 Å². The van der Waals surface area contributed by atoms with Gasteiger partial charge in [0.1, 0.15) is 17.7 Å². The fourth-order valence-electron chi connectivity index (χ4n) is 3.17. The molecule has 1 atom stereocenters. The fourth-order valence-corrected chi connectivity index (χ4v) is 3.17. The Morgan fingerprint density at radius 2 is 2.07 bits per heavy atom. The summed E-state index contributed by atoms with van der Waals surface area (Å²) in [5.74, 6) is 1.01. The molecule has 3 N–H and O–H groups in total. The average Bonchev–Trinajstić information content (AvgIpc) is 2.69. The van der Waals surface area contributed by atoms with Crippen LogP contribution in [0.2, 0.25) is 0 Å². The molecule has 1 aromatic carbocycles. The first kappa shape index (κ1) is 25.9. The lowest BCUT2D eigenvalue weighted by Gasteiger charge is -2.29. The molecular formula is C21H36FIN4O2. The Bertz CT molecular complexity index is 598. The van der Waals surface area contributed by atoms with Crippen molar-refractivity contribution in [2.75, 3.05) is 39.3 Å². The van der Waals surface area contributed by atoms with Crippen molar-refractivity contribution in [2.45, 2.75) is 51.7 Å². The highest BCUT2D eigenvalue weighted by Gasteiger charge is 2.16. The van der Waals surface area contributed by atoms with Crippen LogP contribution in [-0.4, -0.2) is 67.4 Å². The number of aliphatic hydroxyl groups excluding tert-OH is 1. The number of ether oxygens (including phenoxy) is 1. The highest BCUT2D eigenvalue weighted by atomic mass is 127. The molecule has 0 aromatic heterocycles. The molecule has 1 aliphatic rings.